The first kappa shape index (κ1) is 6.80. The summed E-state index contributed by atoms with van der Waals surface area (Å²) in [4.78, 5) is 4.06. The number of nitrogens with zero attached hydrogens (tertiary/aromatic N) is 1. The smallest absolute Gasteiger partial charge is 0.0336 e. The molecule has 2 nitrogen and oxygen atoms in total. The van der Waals surface area contributed by atoms with Gasteiger partial charge in [0, 0.05) is 18.4 Å². The fourth-order valence-corrected chi connectivity index (χ4v) is 1.43. The predicted molar refractivity (Wildman–Crippen MR) is 44.3 cm³/mol. The maximum Gasteiger partial charge on any atom is 0.0336 e. The summed E-state index contributed by atoms with van der Waals surface area (Å²) in [5, 5.41) is 3.37. The zero-order chi connectivity index (χ0) is 7.68. The molecule has 0 unspecified atom stereocenters. The molecule has 1 aliphatic rings. The van der Waals surface area contributed by atoms with Gasteiger partial charge >= 0.3 is 0 Å². The summed E-state index contributed by atoms with van der Waals surface area (Å²) < 4.78 is 0. The Morgan fingerprint density at radius 1 is 1.64 bits per heavy atom. The third-order valence-electron chi connectivity index (χ3n) is 2.26. The topological polar surface area (TPSA) is 24.9 Å². The Bertz CT molecular complexity index is 253. The van der Waals surface area contributed by atoms with E-state index in [0.29, 0.717) is 6.04 Å². The van der Waals surface area contributed by atoms with Crippen molar-refractivity contribution in [3.05, 3.63) is 29.6 Å². The van der Waals surface area contributed by atoms with Crippen LogP contribution in [0.4, 0.5) is 0 Å². The molecule has 2 heterocycles. The van der Waals surface area contributed by atoms with E-state index in [0.717, 1.165) is 6.54 Å². The molecule has 58 valence electrons. The normalized spacial score (nSPS) is 22.8. The molecule has 1 N–H and O–H groups in total. The molecular formula is C9H12N2. The highest BCUT2D eigenvalue weighted by molar-refractivity contribution is 5.26. The molecule has 1 aromatic rings. The van der Waals surface area contributed by atoms with Crippen LogP contribution in [0.2, 0.25) is 0 Å². The Labute approximate surface area is 66.7 Å². The zero-order valence-electron chi connectivity index (χ0n) is 6.67. The molecular weight excluding hydrogens is 136 g/mol. The third-order valence-corrected chi connectivity index (χ3v) is 2.26. The van der Waals surface area contributed by atoms with E-state index in [9.17, 15) is 0 Å². The largest absolute Gasteiger partial charge is 0.310 e. The summed E-state index contributed by atoms with van der Waals surface area (Å²) in [6.07, 6.45) is 5.06. The Balaban J connectivity index is 2.28. The first-order valence-electron chi connectivity index (χ1n) is 4.02. The van der Waals surface area contributed by atoms with Crippen LogP contribution in [0, 0.1) is 6.92 Å². The van der Waals surface area contributed by atoms with Crippen LogP contribution in [0.3, 0.4) is 0 Å². The average molecular weight is 148 g/mol. The molecule has 1 aliphatic heterocycles. The highest BCUT2D eigenvalue weighted by Gasteiger charge is 2.19. The summed E-state index contributed by atoms with van der Waals surface area (Å²) in [5.74, 6) is 0. The van der Waals surface area contributed by atoms with Crippen molar-refractivity contribution >= 4 is 0 Å². The Morgan fingerprint density at radius 3 is 3.00 bits per heavy atom. The van der Waals surface area contributed by atoms with Crippen LogP contribution in [0.15, 0.2) is 18.5 Å². The molecule has 2 rings (SSSR count). The van der Waals surface area contributed by atoms with Crippen molar-refractivity contribution in [2.75, 3.05) is 6.54 Å². The molecule has 1 atom stereocenters. The molecule has 1 saturated heterocycles. The Hall–Kier alpha value is -0.890. The van der Waals surface area contributed by atoms with Crippen LogP contribution in [0.25, 0.3) is 0 Å². The van der Waals surface area contributed by atoms with Crippen molar-refractivity contribution in [2.24, 2.45) is 0 Å². The standard InChI is InChI=1S/C9H12N2/c1-7-6-10-4-2-8(7)9-3-5-11-9/h2,4,6,9,11H,3,5H2,1H3/t9-/m1/s1. The average Bonchev–Trinajstić information content (AvgIpc) is 1.90. The lowest BCUT2D eigenvalue weighted by Crippen LogP contribution is -2.35. The van der Waals surface area contributed by atoms with Crippen LogP contribution in [-0.2, 0) is 0 Å². The van der Waals surface area contributed by atoms with Gasteiger partial charge in [-0.25, -0.2) is 0 Å². The number of aromatic nitrogens is 1. The molecule has 0 saturated carbocycles. The van der Waals surface area contributed by atoms with E-state index in [1.807, 2.05) is 12.4 Å². The van der Waals surface area contributed by atoms with Crippen molar-refractivity contribution in [1.29, 1.82) is 0 Å². The molecule has 0 radical (unpaired) electrons. The molecule has 11 heavy (non-hydrogen) atoms. The third kappa shape index (κ3) is 1.14. The lowest BCUT2D eigenvalue weighted by atomic mass is 9.96. The number of rotatable bonds is 1. The molecule has 0 bridgehead atoms. The van der Waals surface area contributed by atoms with Gasteiger partial charge in [0.05, 0.1) is 0 Å². The highest BCUT2D eigenvalue weighted by atomic mass is 15.0. The van der Waals surface area contributed by atoms with Crippen molar-refractivity contribution in [2.45, 2.75) is 19.4 Å². The van der Waals surface area contributed by atoms with Crippen LogP contribution in [-0.4, -0.2) is 11.5 Å². The van der Waals surface area contributed by atoms with Crippen molar-refractivity contribution in [3.8, 4) is 0 Å². The first-order valence-corrected chi connectivity index (χ1v) is 4.02. The van der Waals surface area contributed by atoms with Gasteiger partial charge in [-0.2, -0.15) is 0 Å². The van der Waals surface area contributed by atoms with E-state index >= 15 is 0 Å². The van der Waals surface area contributed by atoms with Crippen molar-refractivity contribution in [1.82, 2.24) is 10.3 Å². The lowest BCUT2D eigenvalue weighted by molar-refractivity contribution is 0.381. The van der Waals surface area contributed by atoms with E-state index in [2.05, 4.69) is 23.3 Å². The second-order valence-electron chi connectivity index (χ2n) is 3.03. The minimum Gasteiger partial charge on any atom is -0.310 e. The van der Waals surface area contributed by atoms with E-state index in [1.165, 1.54) is 17.5 Å². The van der Waals surface area contributed by atoms with Gasteiger partial charge in [-0.3, -0.25) is 4.98 Å². The highest BCUT2D eigenvalue weighted by Crippen LogP contribution is 2.24. The van der Waals surface area contributed by atoms with Crippen molar-refractivity contribution in [3.63, 3.8) is 0 Å². The second kappa shape index (κ2) is 2.62. The Morgan fingerprint density at radius 2 is 2.45 bits per heavy atom. The SMILES string of the molecule is Cc1cnccc1[C@H]1CCN1. The summed E-state index contributed by atoms with van der Waals surface area (Å²) in [7, 11) is 0. The maximum absolute atomic E-state index is 4.06. The van der Waals surface area contributed by atoms with Gasteiger partial charge in [0.25, 0.3) is 0 Å². The summed E-state index contributed by atoms with van der Waals surface area (Å²) >= 11 is 0. The summed E-state index contributed by atoms with van der Waals surface area (Å²) in [5.41, 5.74) is 2.70. The minimum absolute atomic E-state index is 0.595. The van der Waals surface area contributed by atoms with E-state index in [1.54, 1.807) is 0 Å². The number of pyridine rings is 1. The molecule has 0 amide bonds. The predicted octanol–water partition coefficient (Wildman–Crippen LogP) is 1.42. The van der Waals surface area contributed by atoms with Gasteiger partial charge in [-0.05, 0) is 37.1 Å². The fourth-order valence-electron chi connectivity index (χ4n) is 1.43. The van der Waals surface area contributed by atoms with Gasteiger partial charge < -0.3 is 5.32 Å². The van der Waals surface area contributed by atoms with E-state index in [-0.39, 0.29) is 0 Å². The van der Waals surface area contributed by atoms with Crippen LogP contribution in [0.1, 0.15) is 23.6 Å². The minimum atomic E-state index is 0.595. The molecule has 1 aromatic heterocycles. The van der Waals surface area contributed by atoms with Gasteiger partial charge in [-0.15, -0.1) is 0 Å². The van der Waals surface area contributed by atoms with Gasteiger partial charge in [-0.1, -0.05) is 0 Å². The number of nitrogens with one attached hydrogen (secondary N) is 1. The monoisotopic (exact) mass is 148 g/mol. The Kier molecular flexibility index (Phi) is 1.62. The molecule has 0 spiro atoms. The quantitative estimate of drug-likeness (QED) is 0.651. The van der Waals surface area contributed by atoms with Crippen LogP contribution < -0.4 is 5.32 Å². The van der Waals surface area contributed by atoms with Gasteiger partial charge in [0.1, 0.15) is 0 Å². The maximum atomic E-state index is 4.06. The molecule has 0 aromatic carbocycles. The van der Waals surface area contributed by atoms with Gasteiger partial charge in [0.2, 0.25) is 0 Å². The van der Waals surface area contributed by atoms with E-state index in [4.69, 9.17) is 0 Å². The number of hydrogen-bond donors (Lipinski definition) is 1. The van der Waals surface area contributed by atoms with Crippen LogP contribution >= 0.6 is 0 Å². The first-order chi connectivity index (χ1) is 5.38. The molecule has 1 fully saturated rings. The lowest BCUT2D eigenvalue weighted by Gasteiger charge is -2.28. The van der Waals surface area contributed by atoms with Crippen molar-refractivity contribution < 1.29 is 0 Å². The zero-order valence-corrected chi connectivity index (χ0v) is 6.67. The molecule has 2 heteroatoms. The van der Waals surface area contributed by atoms with E-state index < -0.39 is 0 Å². The fraction of sp³-hybridized carbons (Fsp3) is 0.444. The number of hydrogen-bond acceptors (Lipinski definition) is 2. The second-order valence-corrected chi connectivity index (χ2v) is 3.03. The number of aryl methyl sites for hydroxylation is 1. The van der Waals surface area contributed by atoms with Gasteiger partial charge in [0.15, 0.2) is 0 Å². The molecule has 0 aliphatic carbocycles. The van der Waals surface area contributed by atoms with Crippen LogP contribution in [0.5, 0.6) is 0 Å². The summed E-state index contributed by atoms with van der Waals surface area (Å²) in [6, 6.07) is 2.70. The summed E-state index contributed by atoms with van der Waals surface area (Å²) in [6.45, 7) is 3.27.